The van der Waals surface area contributed by atoms with E-state index in [1.807, 2.05) is 0 Å². The molecule has 6 heteroatoms. The van der Waals surface area contributed by atoms with Crippen molar-refractivity contribution in [3.05, 3.63) is 23.2 Å². The van der Waals surface area contributed by atoms with Crippen LogP contribution in [0.5, 0.6) is 5.75 Å². The van der Waals surface area contributed by atoms with Gasteiger partial charge in [-0.25, -0.2) is 0 Å². The Hall–Kier alpha value is -0.910. The molecule has 1 unspecified atom stereocenters. The molecule has 1 aromatic rings. The number of rotatable bonds is 3. The van der Waals surface area contributed by atoms with E-state index in [4.69, 9.17) is 16.3 Å². The molecule has 17 heavy (non-hydrogen) atoms. The standard InChI is InChI=1S/C11H13ClN2O2S/c1-16-10-4-7(2-3-8(10)12)14-11(15)9-5-17-6-13-9/h2-4,9,13H,5-6H2,1H3,(H,14,15). The molecule has 92 valence electrons. The summed E-state index contributed by atoms with van der Waals surface area (Å²) in [5.74, 6) is 2.15. The Morgan fingerprint density at radius 3 is 3.12 bits per heavy atom. The molecular weight excluding hydrogens is 260 g/mol. The van der Waals surface area contributed by atoms with Crippen LogP contribution in [0, 0.1) is 0 Å². The molecule has 0 saturated carbocycles. The minimum Gasteiger partial charge on any atom is -0.495 e. The Morgan fingerprint density at radius 1 is 1.65 bits per heavy atom. The van der Waals surface area contributed by atoms with Gasteiger partial charge in [-0.2, -0.15) is 0 Å². The number of benzene rings is 1. The van der Waals surface area contributed by atoms with Crippen molar-refractivity contribution >= 4 is 35.0 Å². The van der Waals surface area contributed by atoms with E-state index >= 15 is 0 Å². The summed E-state index contributed by atoms with van der Waals surface area (Å²) >= 11 is 7.62. The number of thioether (sulfide) groups is 1. The van der Waals surface area contributed by atoms with Gasteiger partial charge in [0.05, 0.1) is 18.2 Å². The first-order chi connectivity index (χ1) is 8.20. The molecule has 1 fully saturated rings. The molecule has 1 aromatic carbocycles. The van der Waals surface area contributed by atoms with Crippen LogP contribution < -0.4 is 15.4 Å². The molecule has 1 amide bonds. The van der Waals surface area contributed by atoms with Gasteiger partial charge in [-0.1, -0.05) is 11.6 Å². The maximum absolute atomic E-state index is 11.8. The SMILES string of the molecule is COc1cc(NC(=O)C2CSCN2)ccc1Cl. The maximum Gasteiger partial charge on any atom is 0.242 e. The van der Waals surface area contributed by atoms with E-state index in [9.17, 15) is 4.79 Å². The maximum atomic E-state index is 11.8. The van der Waals surface area contributed by atoms with Crippen molar-refractivity contribution < 1.29 is 9.53 Å². The lowest BCUT2D eigenvalue weighted by atomic mass is 10.2. The highest BCUT2D eigenvalue weighted by Crippen LogP contribution is 2.27. The summed E-state index contributed by atoms with van der Waals surface area (Å²) in [6.45, 7) is 0. The molecule has 0 aromatic heterocycles. The van der Waals surface area contributed by atoms with Crippen LogP contribution in [0.1, 0.15) is 0 Å². The second kappa shape index (κ2) is 5.62. The Balaban J connectivity index is 2.05. The second-order valence-electron chi connectivity index (χ2n) is 3.61. The van der Waals surface area contributed by atoms with Crippen molar-refractivity contribution in [2.75, 3.05) is 24.1 Å². The zero-order valence-corrected chi connectivity index (χ0v) is 10.9. The summed E-state index contributed by atoms with van der Waals surface area (Å²) in [6, 6.07) is 5.04. The number of hydrogen-bond donors (Lipinski definition) is 2. The number of amides is 1. The van der Waals surface area contributed by atoms with Crippen LogP contribution in [0.15, 0.2) is 18.2 Å². The van der Waals surface area contributed by atoms with Gasteiger partial charge in [-0.15, -0.1) is 11.8 Å². The number of carbonyl (C=O) groups is 1. The van der Waals surface area contributed by atoms with E-state index in [1.54, 1.807) is 37.1 Å². The van der Waals surface area contributed by atoms with Gasteiger partial charge in [0.25, 0.3) is 0 Å². The first kappa shape index (κ1) is 12.5. The van der Waals surface area contributed by atoms with Crippen molar-refractivity contribution in [1.29, 1.82) is 0 Å². The fourth-order valence-corrected chi connectivity index (χ4v) is 2.67. The van der Waals surface area contributed by atoms with Gasteiger partial charge < -0.3 is 10.1 Å². The number of halogens is 1. The molecule has 0 aliphatic carbocycles. The van der Waals surface area contributed by atoms with Crippen LogP contribution in [-0.2, 0) is 4.79 Å². The molecule has 4 nitrogen and oxygen atoms in total. The number of hydrogen-bond acceptors (Lipinski definition) is 4. The Labute approximate surface area is 109 Å². The van der Waals surface area contributed by atoms with Crippen LogP contribution in [-0.4, -0.2) is 30.7 Å². The minimum absolute atomic E-state index is 0.0284. The fraction of sp³-hybridized carbons (Fsp3) is 0.364. The zero-order chi connectivity index (χ0) is 12.3. The van der Waals surface area contributed by atoms with Crippen LogP contribution in [0.25, 0.3) is 0 Å². The summed E-state index contributed by atoms with van der Waals surface area (Å²) < 4.78 is 5.09. The van der Waals surface area contributed by atoms with Crippen molar-refractivity contribution in [3.8, 4) is 5.75 Å². The molecule has 1 saturated heterocycles. The molecule has 2 rings (SSSR count). The van der Waals surface area contributed by atoms with E-state index in [2.05, 4.69) is 10.6 Å². The molecule has 1 aliphatic heterocycles. The summed E-state index contributed by atoms with van der Waals surface area (Å²) in [4.78, 5) is 11.8. The van der Waals surface area contributed by atoms with Gasteiger partial charge in [0.1, 0.15) is 5.75 Å². The average Bonchev–Trinajstić information content (AvgIpc) is 2.85. The molecular formula is C11H13ClN2O2S. The van der Waals surface area contributed by atoms with Gasteiger partial charge in [0.2, 0.25) is 5.91 Å². The largest absolute Gasteiger partial charge is 0.495 e. The van der Waals surface area contributed by atoms with Crippen LogP contribution in [0.2, 0.25) is 5.02 Å². The van der Waals surface area contributed by atoms with Gasteiger partial charge in [0.15, 0.2) is 0 Å². The first-order valence-corrected chi connectivity index (χ1v) is 6.69. The number of methoxy groups -OCH3 is 1. The predicted molar refractivity (Wildman–Crippen MR) is 70.9 cm³/mol. The van der Waals surface area contributed by atoms with E-state index in [0.29, 0.717) is 16.5 Å². The minimum atomic E-state index is -0.123. The number of nitrogens with one attached hydrogen (secondary N) is 2. The third-order valence-corrected chi connectivity index (χ3v) is 3.70. The zero-order valence-electron chi connectivity index (χ0n) is 9.33. The smallest absolute Gasteiger partial charge is 0.242 e. The molecule has 2 N–H and O–H groups in total. The Morgan fingerprint density at radius 2 is 2.47 bits per heavy atom. The molecule has 1 heterocycles. The fourth-order valence-electron chi connectivity index (χ4n) is 1.53. The van der Waals surface area contributed by atoms with Crippen LogP contribution >= 0.6 is 23.4 Å². The molecule has 1 atom stereocenters. The van der Waals surface area contributed by atoms with E-state index in [1.165, 1.54) is 0 Å². The van der Waals surface area contributed by atoms with Crippen LogP contribution in [0.3, 0.4) is 0 Å². The number of carbonyl (C=O) groups excluding carboxylic acids is 1. The third-order valence-electron chi connectivity index (χ3n) is 2.45. The Kier molecular flexibility index (Phi) is 4.15. The van der Waals surface area contributed by atoms with Crippen molar-refractivity contribution in [3.63, 3.8) is 0 Å². The first-order valence-electron chi connectivity index (χ1n) is 5.16. The quantitative estimate of drug-likeness (QED) is 0.883. The van der Waals surface area contributed by atoms with Crippen molar-refractivity contribution in [2.24, 2.45) is 0 Å². The lowest BCUT2D eigenvalue weighted by Gasteiger charge is -2.11. The summed E-state index contributed by atoms with van der Waals surface area (Å²) in [5, 5.41) is 6.47. The molecule has 1 aliphatic rings. The van der Waals surface area contributed by atoms with Gasteiger partial charge >= 0.3 is 0 Å². The summed E-state index contributed by atoms with van der Waals surface area (Å²) in [7, 11) is 1.54. The average molecular weight is 273 g/mol. The Bertz CT molecular complexity index is 422. The van der Waals surface area contributed by atoms with E-state index < -0.39 is 0 Å². The summed E-state index contributed by atoms with van der Waals surface area (Å²) in [5.41, 5.74) is 0.690. The van der Waals surface area contributed by atoms with Crippen LogP contribution in [0.4, 0.5) is 5.69 Å². The number of ether oxygens (including phenoxy) is 1. The lowest BCUT2D eigenvalue weighted by Crippen LogP contribution is -2.37. The highest BCUT2D eigenvalue weighted by Gasteiger charge is 2.22. The second-order valence-corrected chi connectivity index (χ2v) is 5.05. The van der Waals surface area contributed by atoms with Gasteiger partial charge in [-0.3, -0.25) is 10.1 Å². The summed E-state index contributed by atoms with van der Waals surface area (Å²) in [6.07, 6.45) is 0. The predicted octanol–water partition coefficient (Wildman–Crippen LogP) is 1.95. The highest BCUT2D eigenvalue weighted by atomic mass is 35.5. The topological polar surface area (TPSA) is 50.4 Å². The van der Waals surface area contributed by atoms with Gasteiger partial charge in [-0.05, 0) is 12.1 Å². The third kappa shape index (κ3) is 3.06. The van der Waals surface area contributed by atoms with Gasteiger partial charge in [0, 0.05) is 23.4 Å². The van der Waals surface area contributed by atoms with E-state index in [-0.39, 0.29) is 11.9 Å². The normalized spacial score (nSPS) is 19.1. The monoisotopic (exact) mass is 272 g/mol. The number of anilines is 1. The molecule has 0 spiro atoms. The highest BCUT2D eigenvalue weighted by molar-refractivity contribution is 7.99. The van der Waals surface area contributed by atoms with Crippen molar-refractivity contribution in [2.45, 2.75) is 6.04 Å². The lowest BCUT2D eigenvalue weighted by molar-refractivity contribution is -0.117. The van der Waals surface area contributed by atoms with Crippen molar-refractivity contribution in [1.82, 2.24) is 5.32 Å². The molecule has 0 bridgehead atoms. The van der Waals surface area contributed by atoms with E-state index in [0.717, 1.165) is 11.6 Å². The molecule has 0 radical (unpaired) electrons.